The van der Waals surface area contributed by atoms with Crippen LogP contribution in [0.5, 0.6) is 5.88 Å². The summed E-state index contributed by atoms with van der Waals surface area (Å²) in [6, 6.07) is 14.9. The lowest BCUT2D eigenvalue weighted by Crippen LogP contribution is -2.45. The Balaban J connectivity index is 1.39. The molecule has 0 saturated carbocycles. The fourth-order valence-corrected chi connectivity index (χ4v) is 5.02. The van der Waals surface area contributed by atoms with Gasteiger partial charge in [-0.3, -0.25) is 4.90 Å². The van der Waals surface area contributed by atoms with Gasteiger partial charge in [-0.1, -0.05) is 19.4 Å². The maximum Gasteiger partial charge on any atom is 0.215 e. The van der Waals surface area contributed by atoms with Gasteiger partial charge in [-0.25, -0.2) is 9.97 Å². The maximum atomic E-state index is 5.76. The highest BCUT2D eigenvalue weighted by Gasteiger charge is 2.29. The fraction of sp³-hybridized carbons (Fsp3) is 0.500. The number of nitrogens with zero attached hydrogens (tertiary/aromatic N) is 5. The van der Waals surface area contributed by atoms with Crippen LogP contribution in [0, 0.1) is 0 Å². The first-order valence-corrected chi connectivity index (χ1v) is 14.0. The molecule has 0 unspecified atom stereocenters. The number of pyridine rings is 1. The average molecular weight is 517 g/mol. The molecule has 4 heterocycles. The van der Waals surface area contributed by atoms with E-state index in [1.165, 1.54) is 5.56 Å². The second-order valence-corrected chi connectivity index (χ2v) is 10.5. The summed E-state index contributed by atoms with van der Waals surface area (Å²) in [6.45, 7) is 13.8. The molecule has 1 saturated heterocycles. The van der Waals surface area contributed by atoms with Crippen LogP contribution in [0.3, 0.4) is 0 Å². The lowest BCUT2D eigenvalue weighted by Gasteiger charge is -2.38. The molecule has 1 atom stereocenters. The smallest absolute Gasteiger partial charge is 0.215 e. The van der Waals surface area contributed by atoms with Crippen molar-refractivity contribution < 1.29 is 9.47 Å². The van der Waals surface area contributed by atoms with E-state index in [9.17, 15) is 0 Å². The molecule has 1 aromatic carbocycles. The third-order valence-corrected chi connectivity index (χ3v) is 7.33. The fourth-order valence-electron chi connectivity index (χ4n) is 5.02. The third kappa shape index (κ3) is 6.08. The molecule has 0 radical (unpaired) electrons. The molecule has 3 aromatic rings. The van der Waals surface area contributed by atoms with Gasteiger partial charge in [0.05, 0.1) is 31.6 Å². The first kappa shape index (κ1) is 26.4. The minimum absolute atomic E-state index is 0.291. The van der Waals surface area contributed by atoms with E-state index in [-0.39, 0.29) is 0 Å². The van der Waals surface area contributed by atoms with E-state index in [0.29, 0.717) is 24.6 Å². The van der Waals surface area contributed by atoms with Gasteiger partial charge in [-0.2, -0.15) is 4.98 Å². The molecule has 1 N–H and O–H groups in total. The number of hydrogen-bond acceptors (Lipinski definition) is 8. The van der Waals surface area contributed by atoms with Crippen LogP contribution >= 0.6 is 0 Å². The highest BCUT2D eigenvalue weighted by Crippen LogP contribution is 2.32. The van der Waals surface area contributed by atoms with Gasteiger partial charge in [0, 0.05) is 48.6 Å². The van der Waals surface area contributed by atoms with Crippen molar-refractivity contribution in [3.63, 3.8) is 0 Å². The zero-order valence-electron chi connectivity index (χ0n) is 23.1. The van der Waals surface area contributed by atoms with Crippen LogP contribution in [0.25, 0.3) is 11.4 Å². The van der Waals surface area contributed by atoms with Crippen molar-refractivity contribution in [2.75, 3.05) is 43.1 Å². The Morgan fingerprint density at radius 3 is 2.68 bits per heavy atom. The predicted molar refractivity (Wildman–Crippen MR) is 152 cm³/mol. The molecule has 8 heteroatoms. The lowest BCUT2D eigenvalue weighted by atomic mass is 10.0. The number of rotatable bonds is 9. The first-order valence-electron chi connectivity index (χ1n) is 14.0. The molecule has 0 spiro atoms. The van der Waals surface area contributed by atoms with Crippen molar-refractivity contribution in [1.82, 2.24) is 19.9 Å². The zero-order chi connectivity index (χ0) is 26.5. The second kappa shape index (κ2) is 12.1. The van der Waals surface area contributed by atoms with Crippen LogP contribution in [0.2, 0.25) is 0 Å². The number of anilines is 3. The molecular formula is C30H40N6O2. The number of hydrogen-bond donors (Lipinski definition) is 1. The van der Waals surface area contributed by atoms with Gasteiger partial charge in [0.15, 0.2) is 5.82 Å². The molecule has 0 bridgehead atoms. The van der Waals surface area contributed by atoms with E-state index in [0.717, 1.165) is 86.5 Å². The minimum atomic E-state index is 0.291. The van der Waals surface area contributed by atoms with Crippen LogP contribution in [0.4, 0.5) is 17.3 Å². The van der Waals surface area contributed by atoms with Crippen LogP contribution in [-0.4, -0.2) is 64.8 Å². The van der Waals surface area contributed by atoms with Gasteiger partial charge >= 0.3 is 0 Å². The van der Waals surface area contributed by atoms with Crippen molar-refractivity contribution in [2.24, 2.45) is 0 Å². The Morgan fingerprint density at radius 1 is 1.08 bits per heavy atom. The molecule has 8 nitrogen and oxygen atoms in total. The minimum Gasteiger partial charge on any atom is -0.478 e. The van der Waals surface area contributed by atoms with E-state index in [2.05, 4.69) is 72.1 Å². The van der Waals surface area contributed by atoms with E-state index >= 15 is 0 Å². The molecule has 5 rings (SSSR count). The third-order valence-electron chi connectivity index (χ3n) is 7.33. The maximum absolute atomic E-state index is 5.76. The van der Waals surface area contributed by atoms with Crippen molar-refractivity contribution in [1.29, 1.82) is 0 Å². The summed E-state index contributed by atoms with van der Waals surface area (Å²) in [5.41, 5.74) is 4.41. The Labute approximate surface area is 226 Å². The van der Waals surface area contributed by atoms with Gasteiger partial charge in [0.1, 0.15) is 11.6 Å². The summed E-state index contributed by atoms with van der Waals surface area (Å²) >= 11 is 0. The molecule has 2 aliphatic rings. The normalized spacial score (nSPS) is 17.9. The Bertz CT molecular complexity index is 1220. The first-order chi connectivity index (χ1) is 18.5. The van der Waals surface area contributed by atoms with Crippen LogP contribution in [0.15, 0.2) is 42.5 Å². The van der Waals surface area contributed by atoms with Crippen LogP contribution in [0.1, 0.15) is 51.8 Å². The van der Waals surface area contributed by atoms with E-state index in [1.807, 2.05) is 18.2 Å². The van der Waals surface area contributed by atoms with Crippen molar-refractivity contribution in [3.05, 3.63) is 53.7 Å². The van der Waals surface area contributed by atoms with E-state index < -0.39 is 0 Å². The summed E-state index contributed by atoms with van der Waals surface area (Å²) in [4.78, 5) is 19.7. The van der Waals surface area contributed by atoms with Crippen molar-refractivity contribution in [2.45, 2.75) is 65.6 Å². The summed E-state index contributed by atoms with van der Waals surface area (Å²) in [5, 5.41) is 3.39. The van der Waals surface area contributed by atoms with Crippen molar-refractivity contribution in [3.8, 4) is 17.3 Å². The summed E-state index contributed by atoms with van der Waals surface area (Å²) in [6.07, 6.45) is 3.10. The Morgan fingerprint density at radius 2 is 1.92 bits per heavy atom. The summed E-state index contributed by atoms with van der Waals surface area (Å²) in [7, 11) is 0. The average Bonchev–Trinajstić information content (AvgIpc) is 2.93. The largest absolute Gasteiger partial charge is 0.478 e. The molecule has 202 valence electrons. The van der Waals surface area contributed by atoms with Gasteiger partial charge in [-0.15, -0.1) is 0 Å². The lowest BCUT2D eigenvalue weighted by molar-refractivity contribution is 0.0983. The van der Waals surface area contributed by atoms with E-state index in [4.69, 9.17) is 19.4 Å². The monoisotopic (exact) mass is 516 g/mol. The number of unbranched alkanes of at least 4 members (excludes halogenated alkanes) is 1. The van der Waals surface area contributed by atoms with E-state index in [1.54, 1.807) is 0 Å². The Kier molecular flexibility index (Phi) is 8.39. The van der Waals surface area contributed by atoms with Gasteiger partial charge in [-0.05, 0) is 63.9 Å². The molecular weight excluding hydrogens is 476 g/mol. The number of ether oxygens (including phenoxy) is 2. The number of benzene rings is 1. The molecule has 0 amide bonds. The van der Waals surface area contributed by atoms with Gasteiger partial charge < -0.3 is 19.7 Å². The standard InChI is InChI=1S/C30H40N6O2/c1-5-6-17-38-28-9-7-8-27(33-28)31-24-12-10-23(11-13-24)29-32-26-19-35(21(2)3)15-14-25(26)30(34-29)36-16-18-37-20-22(36)4/h7-13,21-22H,5-6,14-20H2,1-4H3,(H,31,33)/t22-/m0/s1. The SMILES string of the molecule is CCCCOc1cccc(Nc2ccc(-c3nc4c(c(N5CCOC[C@@H]5C)n3)CCN(C(C)C)C4)cc2)n1. The van der Waals surface area contributed by atoms with Gasteiger partial charge in [0.2, 0.25) is 5.88 Å². The molecule has 0 aliphatic carbocycles. The van der Waals surface area contributed by atoms with Gasteiger partial charge in [0.25, 0.3) is 0 Å². The topological polar surface area (TPSA) is 75.6 Å². The number of nitrogens with one attached hydrogen (secondary N) is 1. The predicted octanol–water partition coefficient (Wildman–Crippen LogP) is 5.45. The highest BCUT2D eigenvalue weighted by atomic mass is 16.5. The number of fused-ring (bicyclic) bond motifs is 1. The van der Waals surface area contributed by atoms with Crippen LogP contribution < -0.4 is 15.0 Å². The van der Waals surface area contributed by atoms with Crippen LogP contribution in [-0.2, 0) is 17.7 Å². The Hall–Kier alpha value is -3.23. The quantitative estimate of drug-likeness (QED) is 0.376. The highest BCUT2D eigenvalue weighted by molar-refractivity contribution is 5.66. The molecule has 2 aromatic heterocycles. The second-order valence-electron chi connectivity index (χ2n) is 10.5. The number of aromatic nitrogens is 3. The number of morpholine rings is 1. The molecule has 1 fully saturated rings. The molecule has 2 aliphatic heterocycles. The summed E-state index contributed by atoms with van der Waals surface area (Å²) in [5.74, 6) is 3.26. The summed E-state index contributed by atoms with van der Waals surface area (Å²) < 4.78 is 11.5. The molecule has 38 heavy (non-hydrogen) atoms. The zero-order valence-corrected chi connectivity index (χ0v) is 23.1. The van der Waals surface area contributed by atoms with Crippen molar-refractivity contribution >= 4 is 17.3 Å².